The molecule has 8 heteroatoms. The van der Waals surface area contributed by atoms with Crippen LogP contribution < -0.4 is 5.73 Å². The number of nitrogens with two attached hydrogens (primary N) is 1. The molecule has 0 atom stereocenters. The van der Waals surface area contributed by atoms with Gasteiger partial charge in [0.05, 0.1) is 5.69 Å². The van der Waals surface area contributed by atoms with E-state index < -0.39 is 12.0 Å². The lowest BCUT2D eigenvalue weighted by Crippen LogP contribution is -2.07. The van der Waals surface area contributed by atoms with Gasteiger partial charge in [-0.1, -0.05) is 5.16 Å². The van der Waals surface area contributed by atoms with E-state index in [-0.39, 0.29) is 17.3 Å². The molecule has 0 radical (unpaired) electrons. The molecule has 2 aromatic rings. The fourth-order valence-electron chi connectivity index (χ4n) is 1.03. The maximum Gasteiger partial charge on any atom is 0.455 e. The Morgan fingerprint density at radius 1 is 1.31 bits per heavy atom. The Morgan fingerprint density at radius 3 is 2.62 bits per heavy atom. The summed E-state index contributed by atoms with van der Waals surface area (Å²) in [5, 5.41) is 2.80. The molecule has 0 unspecified atom stereocenters. The van der Waals surface area contributed by atoms with E-state index in [4.69, 9.17) is 5.73 Å². The third-order valence-electron chi connectivity index (χ3n) is 1.72. The number of anilines is 1. The summed E-state index contributed by atoms with van der Waals surface area (Å²) in [6.07, 6.45) is -3.28. The van der Waals surface area contributed by atoms with Gasteiger partial charge >= 0.3 is 6.18 Å². The molecule has 0 aliphatic carbocycles. The average molecular weight is 230 g/mol. The third-order valence-corrected chi connectivity index (χ3v) is 1.72. The number of hydrogen-bond acceptors (Lipinski definition) is 5. The first-order chi connectivity index (χ1) is 7.48. The van der Waals surface area contributed by atoms with Crippen LogP contribution in [0.5, 0.6) is 0 Å². The van der Waals surface area contributed by atoms with E-state index in [0.29, 0.717) is 0 Å². The van der Waals surface area contributed by atoms with Crippen LogP contribution in [0.2, 0.25) is 0 Å². The van der Waals surface area contributed by atoms with Crippen LogP contribution >= 0.6 is 0 Å². The largest absolute Gasteiger partial charge is 0.455 e. The van der Waals surface area contributed by atoms with Crippen LogP contribution in [0.1, 0.15) is 5.82 Å². The molecule has 2 rings (SSSR count). The van der Waals surface area contributed by atoms with Crippen molar-refractivity contribution < 1.29 is 17.7 Å². The topological polar surface area (TPSA) is 77.8 Å². The van der Waals surface area contributed by atoms with Crippen LogP contribution in [0.4, 0.5) is 18.9 Å². The highest BCUT2D eigenvalue weighted by Gasteiger charge is 2.37. The van der Waals surface area contributed by atoms with Crippen molar-refractivity contribution in [3.63, 3.8) is 0 Å². The van der Waals surface area contributed by atoms with Crippen LogP contribution in [0.3, 0.4) is 0 Å². The minimum Gasteiger partial charge on any atom is -0.397 e. The molecule has 0 aromatic carbocycles. The second kappa shape index (κ2) is 3.47. The first-order valence-corrected chi connectivity index (χ1v) is 4.10. The van der Waals surface area contributed by atoms with Gasteiger partial charge in [0.1, 0.15) is 0 Å². The second-order valence-corrected chi connectivity index (χ2v) is 2.86. The first kappa shape index (κ1) is 10.4. The third kappa shape index (κ3) is 1.81. The monoisotopic (exact) mass is 230 g/mol. The van der Waals surface area contributed by atoms with Crippen molar-refractivity contribution in [2.24, 2.45) is 0 Å². The molecule has 0 fully saturated rings. The summed E-state index contributed by atoms with van der Waals surface area (Å²) in [5.41, 5.74) is 5.70. The number of rotatable bonds is 1. The van der Waals surface area contributed by atoms with Crippen molar-refractivity contribution in [3.05, 3.63) is 24.2 Å². The molecule has 0 aliphatic rings. The van der Waals surface area contributed by atoms with Crippen LogP contribution in [-0.4, -0.2) is 15.1 Å². The van der Waals surface area contributed by atoms with Gasteiger partial charge in [0.15, 0.2) is 5.69 Å². The number of aromatic nitrogens is 3. The molecule has 16 heavy (non-hydrogen) atoms. The normalized spacial score (nSPS) is 11.7. The Labute approximate surface area is 87.1 Å². The molecule has 2 heterocycles. The lowest BCUT2D eigenvalue weighted by atomic mass is 10.3. The Morgan fingerprint density at radius 2 is 2.06 bits per heavy atom. The number of pyridine rings is 1. The van der Waals surface area contributed by atoms with Crippen molar-refractivity contribution in [1.82, 2.24) is 15.1 Å². The predicted octanol–water partition coefficient (Wildman–Crippen LogP) is 1.73. The molecule has 0 saturated carbocycles. The predicted molar refractivity (Wildman–Crippen MR) is 46.9 cm³/mol. The van der Waals surface area contributed by atoms with Gasteiger partial charge in [-0.25, -0.2) is 4.98 Å². The minimum absolute atomic E-state index is 0.0329. The van der Waals surface area contributed by atoms with Gasteiger partial charge in [-0.2, -0.15) is 18.2 Å². The van der Waals surface area contributed by atoms with E-state index in [1.165, 1.54) is 12.3 Å². The van der Waals surface area contributed by atoms with Crippen molar-refractivity contribution in [2.75, 3.05) is 5.73 Å². The molecule has 2 N–H and O–H groups in total. The highest BCUT2D eigenvalue weighted by Crippen LogP contribution is 2.29. The summed E-state index contributed by atoms with van der Waals surface area (Å²) in [7, 11) is 0. The summed E-state index contributed by atoms with van der Waals surface area (Å²) < 4.78 is 41.0. The molecule has 0 saturated heterocycles. The maximum atomic E-state index is 12.2. The van der Waals surface area contributed by atoms with E-state index in [2.05, 4.69) is 19.6 Å². The van der Waals surface area contributed by atoms with Gasteiger partial charge < -0.3 is 10.3 Å². The number of hydrogen-bond donors (Lipinski definition) is 1. The number of alkyl halides is 3. The highest BCUT2D eigenvalue weighted by molar-refractivity contribution is 5.65. The smallest absolute Gasteiger partial charge is 0.397 e. The molecule has 0 spiro atoms. The number of nitrogens with zero attached hydrogens (tertiary/aromatic N) is 3. The van der Waals surface area contributed by atoms with Crippen LogP contribution in [0.25, 0.3) is 11.6 Å². The number of halogens is 3. The second-order valence-electron chi connectivity index (χ2n) is 2.86. The molecule has 0 bridgehead atoms. The SMILES string of the molecule is Nc1cccnc1-c1nc(C(F)(F)F)no1. The maximum absolute atomic E-state index is 12.2. The van der Waals surface area contributed by atoms with Crippen molar-refractivity contribution in [2.45, 2.75) is 6.18 Å². The van der Waals surface area contributed by atoms with Gasteiger partial charge in [0.2, 0.25) is 0 Å². The lowest BCUT2D eigenvalue weighted by molar-refractivity contribution is -0.146. The first-order valence-electron chi connectivity index (χ1n) is 4.10. The Balaban J connectivity index is 2.44. The molecule has 0 aliphatic heterocycles. The Kier molecular flexibility index (Phi) is 2.26. The van der Waals surface area contributed by atoms with E-state index in [0.717, 1.165) is 0 Å². The zero-order valence-corrected chi connectivity index (χ0v) is 7.69. The molecular weight excluding hydrogens is 225 g/mol. The zero-order chi connectivity index (χ0) is 11.8. The van der Waals surface area contributed by atoms with E-state index in [9.17, 15) is 13.2 Å². The van der Waals surface area contributed by atoms with Gasteiger partial charge in [0, 0.05) is 6.20 Å². The Hall–Kier alpha value is -2.12. The molecule has 2 aromatic heterocycles. The van der Waals surface area contributed by atoms with E-state index in [1.807, 2.05) is 0 Å². The van der Waals surface area contributed by atoms with E-state index >= 15 is 0 Å². The van der Waals surface area contributed by atoms with Crippen molar-refractivity contribution in [1.29, 1.82) is 0 Å². The fourth-order valence-corrected chi connectivity index (χ4v) is 1.03. The van der Waals surface area contributed by atoms with Gasteiger partial charge in [-0.3, -0.25) is 0 Å². The molecule has 84 valence electrons. The highest BCUT2D eigenvalue weighted by atomic mass is 19.4. The summed E-state index contributed by atoms with van der Waals surface area (Å²) in [6.45, 7) is 0. The van der Waals surface area contributed by atoms with Crippen LogP contribution in [-0.2, 0) is 6.18 Å². The summed E-state index contributed by atoms with van der Waals surface area (Å²) >= 11 is 0. The summed E-state index contributed by atoms with van der Waals surface area (Å²) in [5.74, 6) is -1.71. The minimum atomic E-state index is -4.65. The fraction of sp³-hybridized carbons (Fsp3) is 0.125. The zero-order valence-electron chi connectivity index (χ0n) is 7.69. The summed E-state index contributed by atoms with van der Waals surface area (Å²) in [6, 6.07) is 3.01. The van der Waals surface area contributed by atoms with Crippen molar-refractivity contribution in [3.8, 4) is 11.6 Å². The standard InChI is InChI=1S/C8H5F3N4O/c9-8(10,11)7-14-6(16-15-7)5-4(12)2-1-3-13-5/h1-3H,12H2. The van der Waals surface area contributed by atoms with Crippen LogP contribution in [0, 0.1) is 0 Å². The Bertz CT molecular complexity index is 508. The van der Waals surface area contributed by atoms with Gasteiger partial charge in [0.25, 0.3) is 11.7 Å². The van der Waals surface area contributed by atoms with Crippen LogP contribution in [0.15, 0.2) is 22.9 Å². The molecular formula is C8H5F3N4O. The quantitative estimate of drug-likeness (QED) is 0.807. The van der Waals surface area contributed by atoms with Gasteiger partial charge in [-0.05, 0) is 12.1 Å². The van der Waals surface area contributed by atoms with E-state index in [1.54, 1.807) is 6.07 Å². The lowest BCUT2D eigenvalue weighted by Gasteiger charge is -1.97. The summed E-state index contributed by atoms with van der Waals surface area (Å²) in [4.78, 5) is 6.92. The van der Waals surface area contributed by atoms with Gasteiger partial charge in [-0.15, -0.1) is 0 Å². The average Bonchev–Trinajstić information content (AvgIpc) is 2.66. The molecule has 5 nitrogen and oxygen atoms in total. The number of nitrogen functional groups attached to an aromatic ring is 1. The van der Waals surface area contributed by atoms with Crippen molar-refractivity contribution >= 4 is 5.69 Å². The molecule has 0 amide bonds.